The number of nitrogens with two attached hydrogens (primary N) is 1. The second-order valence-electron chi connectivity index (χ2n) is 4.78. The fraction of sp³-hybridized carbons (Fsp3) is 0.462. The van der Waals surface area contributed by atoms with Gasteiger partial charge in [0.15, 0.2) is 0 Å². The molecule has 1 aliphatic heterocycles. The quantitative estimate of drug-likeness (QED) is 0.834. The van der Waals surface area contributed by atoms with Crippen LogP contribution in [0.25, 0.3) is 0 Å². The number of rotatable bonds is 1. The number of hydrogen-bond donors (Lipinski definition) is 1. The Kier molecular flexibility index (Phi) is 3.15. The van der Waals surface area contributed by atoms with Gasteiger partial charge in [0.05, 0.1) is 10.7 Å². The van der Waals surface area contributed by atoms with E-state index in [1.165, 1.54) is 0 Å². The van der Waals surface area contributed by atoms with Gasteiger partial charge in [0.1, 0.15) is 0 Å². The van der Waals surface area contributed by atoms with Crippen molar-refractivity contribution in [3.05, 3.63) is 28.3 Å². The highest BCUT2D eigenvalue weighted by atomic mass is 35.5. The molecule has 0 aliphatic carbocycles. The number of amides is 1. The van der Waals surface area contributed by atoms with Gasteiger partial charge in [-0.1, -0.05) is 17.7 Å². The van der Waals surface area contributed by atoms with Gasteiger partial charge in [0.25, 0.3) is 0 Å². The molecule has 17 heavy (non-hydrogen) atoms. The molecule has 0 bridgehead atoms. The zero-order valence-electron chi connectivity index (χ0n) is 10.3. The van der Waals surface area contributed by atoms with Crippen LogP contribution in [0.2, 0.25) is 5.02 Å². The van der Waals surface area contributed by atoms with E-state index in [2.05, 4.69) is 0 Å². The number of anilines is 1. The van der Waals surface area contributed by atoms with E-state index in [9.17, 15) is 4.79 Å². The zero-order chi connectivity index (χ0) is 12.7. The molecule has 0 aromatic heterocycles. The third kappa shape index (κ3) is 2.05. The van der Waals surface area contributed by atoms with E-state index in [1.54, 1.807) is 4.90 Å². The molecular weight excluding hydrogens is 236 g/mol. The molecule has 1 amide bonds. The van der Waals surface area contributed by atoms with Crippen LogP contribution in [-0.4, -0.2) is 18.0 Å². The van der Waals surface area contributed by atoms with Crippen molar-refractivity contribution in [3.63, 3.8) is 0 Å². The van der Waals surface area contributed by atoms with Crippen LogP contribution in [0.1, 0.15) is 24.5 Å². The Morgan fingerprint density at radius 1 is 1.41 bits per heavy atom. The Hall–Kier alpha value is -1.06. The summed E-state index contributed by atoms with van der Waals surface area (Å²) in [4.78, 5) is 13.7. The summed E-state index contributed by atoms with van der Waals surface area (Å²) in [7, 11) is 0. The first-order valence-corrected chi connectivity index (χ1v) is 6.14. The second kappa shape index (κ2) is 4.31. The molecular formula is C13H17ClN2O. The molecule has 1 fully saturated rings. The van der Waals surface area contributed by atoms with Crippen LogP contribution < -0.4 is 10.6 Å². The first-order valence-electron chi connectivity index (χ1n) is 5.76. The van der Waals surface area contributed by atoms with Gasteiger partial charge >= 0.3 is 0 Å². The van der Waals surface area contributed by atoms with Crippen molar-refractivity contribution in [1.29, 1.82) is 0 Å². The van der Waals surface area contributed by atoms with E-state index in [0.29, 0.717) is 11.4 Å². The monoisotopic (exact) mass is 252 g/mol. The summed E-state index contributed by atoms with van der Waals surface area (Å²) in [6.07, 6.45) is 0.394. The number of benzene rings is 1. The van der Waals surface area contributed by atoms with E-state index in [1.807, 2.05) is 32.9 Å². The molecule has 0 radical (unpaired) electrons. The molecule has 0 spiro atoms. The molecule has 1 heterocycles. The van der Waals surface area contributed by atoms with Crippen LogP contribution in [0.3, 0.4) is 0 Å². The van der Waals surface area contributed by atoms with Gasteiger partial charge < -0.3 is 10.6 Å². The number of carbonyl (C=O) groups excluding carboxylic acids is 1. The van der Waals surface area contributed by atoms with Crippen molar-refractivity contribution in [2.24, 2.45) is 5.73 Å². The standard InChI is InChI=1S/C13H17ClN2O/c1-7-4-8(2)13(10(14)5-7)16-9(3)11(15)6-12(16)17/h4-5,9,11H,6,15H2,1-3H3. The molecule has 2 N–H and O–H groups in total. The van der Waals surface area contributed by atoms with Gasteiger partial charge in [-0.15, -0.1) is 0 Å². The molecule has 2 unspecified atom stereocenters. The van der Waals surface area contributed by atoms with Crippen LogP contribution in [0.4, 0.5) is 5.69 Å². The highest BCUT2D eigenvalue weighted by molar-refractivity contribution is 6.34. The summed E-state index contributed by atoms with van der Waals surface area (Å²) in [5.74, 6) is 0.0545. The normalized spacial score (nSPS) is 24.5. The van der Waals surface area contributed by atoms with Crippen LogP contribution in [-0.2, 0) is 4.79 Å². The maximum absolute atomic E-state index is 12.0. The topological polar surface area (TPSA) is 46.3 Å². The van der Waals surface area contributed by atoms with Gasteiger partial charge in [0.2, 0.25) is 5.91 Å². The number of halogens is 1. The highest BCUT2D eigenvalue weighted by Gasteiger charge is 2.37. The van der Waals surface area contributed by atoms with Gasteiger partial charge in [-0.25, -0.2) is 0 Å². The lowest BCUT2D eigenvalue weighted by molar-refractivity contribution is -0.117. The Morgan fingerprint density at radius 3 is 2.53 bits per heavy atom. The van der Waals surface area contributed by atoms with Crippen molar-refractivity contribution in [3.8, 4) is 0 Å². The minimum absolute atomic E-state index is 0.00130. The third-order valence-electron chi connectivity index (χ3n) is 3.35. The lowest BCUT2D eigenvalue weighted by atomic mass is 10.1. The Balaban J connectivity index is 2.51. The molecule has 3 nitrogen and oxygen atoms in total. The molecule has 1 aliphatic rings. The average molecular weight is 253 g/mol. The summed E-state index contributed by atoms with van der Waals surface area (Å²) < 4.78 is 0. The van der Waals surface area contributed by atoms with Crippen LogP contribution in [0.5, 0.6) is 0 Å². The van der Waals surface area contributed by atoms with Gasteiger partial charge in [-0.05, 0) is 38.0 Å². The summed E-state index contributed by atoms with van der Waals surface area (Å²) in [6.45, 7) is 5.92. The molecule has 92 valence electrons. The van der Waals surface area contributed by atoms with Crippen molar-refractivity contribution < 1.29 is 4.79 Å². The Labute approximate surface area is 107 Å². The van der Waals surface area contributed by atoms with Crippen LogP contribution in [0.15, 0.2) is 12.1 Å². The number of carbonyl (C=O) groups is 1. The summed E-state index contributed by atoms with van der Waals surface area (Å²) in [5.41, 5.74) is 8.84. The van der Waals surface area contributed by atoms with Crippen molar-refractivity contribution >= 4 is 23.2 Å². The number of nitrogens with zero attached hydrogens (tertiary/aromatic N) is 1. The van der Waals surface area contributed by atoms with Crippen LogP contribution >= 0.6 is 11.6 Å². The summed E-state index contributed by atoms with van der Waals surface area (Å²) in [6, 6.07) is 3.80. The van der Waals surface area contributed by atoms with Crippen LogP contribution in [0, 0.1) is 13.8 Å². The molecule has 2 atom stereocenters. The minimum Gasteiger partial charge on any atom is -0.325 e. The molecule has 1 aromatic rings. The maximum atomic E-state index is 12.0. The molecule has 2 rings (SSSR count). The van der Waals surface area contributed by atoms with Gasteiger partial charge in [0, 0.05) is 18.5 Å². The second-order valence-corrected chi connectivity index (χ2v) is 5.19. The van der Waals surface area contributed by atoms with E-state index in [-0.39, 0.29) is 18.0 Å². The largest absolute Gasteiger partial charge is 0.325 e. The van der Waals surface area contributed by atoms with E-state index in [0.717, 1.165) is 16.8 Å². The third-order valence-corrected chi connectivity index (χ3v) is 3.63. The Bertz CT molecular complexity index is 449. The van der Waals surface area contributed by atoms with E-state index >= 15 is 0 Å². The smallest absolute Gasteiger partial charge is 0.228 e. The first-order chi connectivity index (χ1) is 7.91. The lowest BCUT2D eigenvalue weighted by Gasteiger charge is -2.26. The fourth-order valence-corrected chi connectivity index (χ4v) is 2.84. The summed E-state index contributed by atoms with van der Waals surface area (Å²) >= 11 is 6.26. The highest BCUT2D eigenvalue weighted by Crippen LogP contribution is 2.35. The molecule has 4 heteroatoms. The minimum atomic E-state index is -0.112. The number of aryl methyl sites for hydroxylation is 2. The van der Waals surface area contributed by atoms with Crippen molar-refractivity contribution in [2.75, 3.05) is 4.90 Å². The fourth-order valence-electron chi connectivity index (χ4n) is 2.43. The molecule has 1 saturated heterocycles. The predicted octanol–water partition coefficient (Wildman–Crippen LogP) is 2.41. The lowest BCUT2D eigenvalue weighted by Crippen LogP contribution is -2.38. The van der Waals surface area contributed by atoms with Gasteiger partial charge in [-0.3, -0.25) is 4.79 Å². The average Bonchev–Trinajstić information content (AvgIpc) is 2.43. The zero-order valence-corrected chi connectivity index (χ0v) is 11.1. The predicted molar refractivity (Wildman–Crippen MR) is 70.5 cm³/mol. The van der Waals surface area contributed by atoms with E-state index < -0.39 is 0 Å². The summed E-state index contributed by atoms with van der Waals surface area (Å²) in [5, 5.41) is 0.622. The molecule has 1 aromatic carbocycles. The van der Waals surface area contributed by atoms with E-state index in [4.69, 9.17) is 17.3 Å². The first kappa shape index (κ1) is 12.4. The molecule has 0 saturated carbocycles. The maximum Gasteiger partial charge on any atom is 0.228 e. The number of hydrogen-bond acceptors (Lipinski definition) is 2. The Morgan fingerprint density at radius 2 is 2.06 bits per heavy atom. The van der Waals surface area contributed by atoms with Crippen molar-refractivity contribution in [1.82, 2.24) is 0 Å². The SMILES string of the molecule is Cc1cc(C)c(N2C(=O)CC(N)C2C)c(Cl)c1. The van der Waals surface area contributed by atoms with Gasteiger partial charge in [-0.2, -0.15) is 0 Å². The van der Waals surface area contributed by atoms with Crippen molar-refractivity contribution in [2.45, 2.75) is 39.3 Å².